The Labute approximate surface area is 118 Å². The van der Waals surface area contributed by atoms with Gasteiger partial charge in [0.15, 0.2) is 11.9 Å². The number of benzene rings is 1. The van der Waals surface area contributed by atoms with E-state index in [0.29, 0.717) is 11.5 Å². The Morgan fingerprint density at radius 1 is 1.30 bits per heavy atom. The number of nitrogens with zero attached hydrogens (tertiary/aromatic N) is 6. The van der Waals surface area contributed by atoms with Crippen LogP contribution >= 0.6 is 11.3 Å². The number of aromatic nitrogens is 5. The van der Waals surface area contributed by atoms with Crippen molar-refractivity contribution in [3.05, 3.63) is 52.1 Å². The van der Waals surface area contributed by atoms with E-state index in [1.165, 1.54) is 16.0 Å². The van der Waals surface area contributed by atoms with Crippen LogP contribution in [0.2, 0.25) is 0 Å². The van der Waals surface area contributed by atoms with Gasteiger partial charge in [-0.15, -0.1) is 21.3 Å². The average molecular weight is 286 g/mol. The van der Waals surface area contributed by atoms with Gasteiger partial charge in [-0.2, -0.15) is 0 Å². The number of hydrogen-bond donors (Lipinski definition) is 0. The van der Waals surface area contributed by atoms with E-state index in [0.717, 1.165) is 10.6 Å². The minimum absolute atomic E-state index is 0.380. The zero-order valence-corrected chi connectivity index (χ0v) is 11.4. The van der Waals surface area contributed by atoms with Gasteiger partial charge in [-0.3, -0.25) is 0 Å². The molecule has 8 heteroatoms. The van der Waals surface area contributed by atoms with Gasteiger partial charge < -0.3 is 0 Å². The van der Waals surface area contributed by atoms with E-state index < -0.39 is 6.04 Å². The second-order valence-electron chi connectivity index (χ2n) is 4.11. The Hall–Kier alpha value is -2.48. The minimum Gasteiger partial charge on any atom is -0.238 e. The van der Waals surface area contributed by atoms with Gasteiger partial charge in [0.05, 0.1) is 5.69 Å². The maximum absolute atomic E-state index is 11.1. The summed E-state index contributed by atoms with van der Waals surface area (Å²) in [7, 11) is 1.66. The first-order valence-corrected chi connectivity index (χ1v) is 6.73. The van der Waals surface area contributed by atoms with Crippen LogP contribution in [0.1, 0.15) is 17.6 Å². The maximum atomic E-state index is 11.1. The van der Waals surface area contributed by atoms with Crippen LogP contribution in [0.5, 0.6) is 0 Å². The molecule has 1 unspecified atom stereocenters. The van der Waals surface area contributed by atoms with E-state index in [9.17, 15) is 4.91 Å². The van der Waals surface area contributed by atoms with Gasteiger partial charge in [-0.05, 0) is 10.4 Å². The van der Waals surface area contributed by atoms with E-state index in [2.05, 4.69) is 25.7 Å². The van der Waals surface area contributed by atoms with Crippen molar-refractivity contribution in [2.45, 2.75) is 6.04 Å². The lowest BCUT2D eigenvalue weighted by Gasteiger charge is -2.03. The smallest absolute Gasteiger partial charge is 0.195 e. The van der Waals surface area contributed by atoms with E-state index >= 15 is 0 Å². The summed E-state index contributed by atoms with van der Waals surface area (Å²) in [4.78, 5) is 15.6. The number of aryl methyl sites for hydroxylation is 1. The second kappa shape index (κ2) is 5.25. The summed E-state index contributed by atoms with van der Waals surface area (Å²) in [5.74, 6) is 0.380. The lowest BCUT2D eigenvalue weighted by atomic mass is 10.2. The van der Waals surface area contributed by atoms with Gasteiger partial charge in [-0.25, -0.2) is 9.67 Å². The molecule has 0 saturated carbocycles. The van der Waals surface area contributed by atoms with Crippen LogP contribution in [0.3, 0.4) is 0 Å². The normalized spacial score (nSPS) is 12.2. The first-order valence-electron chi connectivity index (χ1n) is 5.85. The topological polar surface area (TPSA) is 85.9 Å². The Morgan fingerprint density at radius 3 is 2.75 bits per heavy atom. The summed E-state index contributed by atoms with van der Waals surface area (Å²) in [5.41, 5.74) is 1.56. The summed E-state index contributed by atoms with van der Waals surface area (Å²) < 4.78 is 1.42. The van der Waals surface area contributed by atoms with Gasteiger partial charge >= 0.3 is 0 Å². The number of thiazole rings is 1. The lowest BCUT2D eigenvalue weighted by Crippen LogP contribution is -2.06. The molecule has 20 heavy (non-hydrogen) atoms. The van der Waals surface area contributed by atoms with Crippen LogP contribution in [0.15, 0.2) is 40.9 Å². The van der Waals surface area contributed by atoms with Gasteiger partial charge in [0, 0.05) is 18.0 Å². The van der Waals surface area contributed by atoms with Crippen molar-refractivity contribution in [3.63, 3.8) is 0 Å². The van der Waals surface area contributed by atoms with Crippen LogP contribution in [-0.2, 0) is 7.05 Å². The van der Waals surface area contributed by atoms with Crippen LogP contribution < -0.4 is 0 Å². The molecule has 7 nitrogen and oxygen atoms in total. The van der Waals surface area contributed by atoms with Gasteiger partial charge in [0.1, 0.15) is 5.01 Å². The van der Waals surface area contributed by atoms with Crippen LogP contribution in [0.4, 0.5) is 0 Å². The molecule has 1 aromatic carbocycles. The fourth-order valence-electron chi connectivity index (χ4n) is 1.83. The standard InChI is InChI=1S/C12H10N6OS/c1-18-11(14-16-17-18)10(15-19)9-7-20-12(13-9)8-5-3-2-4-6-8/h2-7,10H,1H3. The Morgan fingerprint density at radius 2 is 2.10 bits per heavy atom. The van der Waals surface area contributed by atoms with Crippen molar-refractivity contribution in [1.29, 1.82) is 0 Å². The van der Waals surface area contributed by atoms with Crippen molar-refractivity contribution in [2.75, 3.05) is 0 Å². The molecule has 2 heterocycles. The molecule has 100 valence electrons. The molecular weight excluding hydrogens is 276 g/mol. The van der Waals surface area contributed by atoms with Crippen molar-refractivity contribution in [2.24, 2.45) is 12.2 Å². The highest BCUT2D eigenvalue weighted by molar-refractivity contribution is 7.13. The highest BCUT2D eigenvalue weighted by atomic mass is 32.1. The summed E-state index contributed by atoms with van der Waals surface area (Å²) in [6, 6.07) is 8.98. The van der Waals surface area contributed by atoms with Crippen LogP contribution in [0, 0.1) is 4.91 Å². The number of rotatable bonds is 4. The van der Waals surface area contributed by atoms with E-state index in [1.54, 1.807) is 7.05 Å². The summed E-state index contributed by atoms with van der Waals surface area (Å²) in [6.07, 6.45) is 0. The third-order valence-corrected chi connectivity index (χ3v) is 3.74. The third-order valence-electron chi connectivity index (χ3n) is 2.83. The van der Waals surface area contributed by atoms with Crippen LogP contribution in [0.25, 0.3) is 10.6 Å². The first-order chi connectivity index (χ1) is 9.79. The molecule has 3 aromatic rings. The third kappa shape index (κ3) is 2.21. The molecule has 0 bridgehead atoms. The molecule has 0 aliphatic rings. The zero-order valence-electron chi connectivity index (χ0n) is 10.5. The van der Waals surface area contributed by atoms with Gasteiger partial charge in [-0.1, -0.05) is 35.5 Å². The molecule has 3 rings (SSSR count). The molecule has 0 amide bonds. The quantitative estimate of drug-likeness (QED) is 0.686. The number of hydrogen-bond acceptors (Lipinski definition) is 7. The highest BCUT2D eigenvalue weighted by Crippen LogP contribution is 2.29. The van der Waals surface area contributed by atoms with Gasteiger partial charge in [0.2, 0.25) is 0 Å². The highest BCUT2D eigenvalue weighted by Gasteiger charge is 2.23. The Balaban J connectivity index is 1.97. The molecular formula is C12H10N6OS. The van der Waals surface area contributed by atoms with Crippen LogP contribution in [-0.4, -0.2) is 25.2 Å². The molecule has 0 N–H and O–H groups in total. The SMILES string of the molecule is Cn1nnnc1C(N=O)c1csc(-c2ccccc2)n1. The molecule has 0 saturated heterocycles. The summed E-state index contributed by atoms with van der Waals surface area (Å²) in [5, 5.41) is 16.8. The lowest BCUT2D eigenvalue weighted by molar-refractivity contribution is 0.642. The maximum Gasteiger partial charge on any atom is 0.195 e. The molecule has 0 radical (unpaired) electrons. The molecule has 0 fully saturated rings. The molecule has 0 aliphatic carbocycles. The Kier molecular flexibility index (Phi) is 3.30. The number of nitroso groups, excluding NO2 is 1. The molecule has 1 atom stereocenters. The monoisotopic (exact) mass is 286 g/mol. The average Bonchev–Trinajstić information content (AvgIpc) is 3.12. The van der Waals surface area contributed by atoms with E-state index in [-0.39, 0.29) is 0 Å². The van der Waals surface area contributed by atoms with Crippen molar-refractivity contribution < 1.29 is 0 Å². The molecule has 2 aromatic heterocycles. The van der Waals surface area contributed by atoms with Crippen molar-refractivity contribution in [1.82, 2.24) is 25.2 Å². The first kappa shape index (κ1) is 12.5. The molecule has 0 spiro atoms. The second-order valence-corrected chi connectivity index (χ2v) is 4.97. The fourth-order valence-corrected chi connectivity index (χ4v) is 2.67. The fraction of sp³-hybridized carbons (Fsp3) is 0.167. The van der Waals surface area contributed by atoms with Crippen molar-refractivity contribution >= 4 is 11.3 Å². The predicted octanol–water partition coefficient (Wildman–Crippen LogP) is 2.19. The zero-order chi connectivity index (χ0) is 13.9. The predicted molar refractivity (Wildman–Crippen MR) is 74.0 cm³/mol. The summed E-state index contributed by atoms with van der Waals surface area (Å²) in [6.45, 7) is 0. The Bertz CT molecular complexity index is 722. The van der Waals surface area contributed by atoms with Gasteiger partial charge in [0.25, 0.3) is 0 Å². The largest absolute Gasteiger partial charge is 0.238 e. The number of tetrazole rings is 1. The molecule has 0 aliphatic heterocycles. The van der Waals surface area contributed by atoms with E-state index in [1.807, 2.05) is 35.7 Å². The minimum atomic E-state index is -0.788. The summed E-state index contributed by atoms with van der Waals surface area (Å²) >= 11 is 1.46. The van der Waals surface area contributed by atoms with Crippen molar-refractivity contribution in [3.8, 4) is 10.6 Å². The van der Waals surface area contributed by atoms with E-state index in [4.69, 9.17) is 0 Å².